The molecule has 2 rings (SSSR count). The third-order valence-corrected chi connectivity index (χ3v) is 3.38. The summed E-state index contributed by atoms with van der Waals surface area (Å²) in [5, 5.41) is 3.34. The van der Waals surface area contributed by atoms with Crippen molar-refractivity contribution in [1.82, 2.24) is 5.32 Å². The van der Waals surface area contributed by atoms with Gasteiger partial charge in [-0.15, -0.1) is 0 Å². The molecule has 4 heteroatoms. The van der Waals surface area contributed by atoms with Crippen molar-refractivity contribution in [3.63, 3.8) is 0 Å². The molecule has 1 aromatic carbocycles. The summed E-state index contributed by atoms with van der Waals surface area (Å²) in [5.74, 6) is 1.77. The van der Waals surface area contributed by atoms with E-state index in [4.69, 9.17) is 9.15 Å². The van der Waals surface area contributed by atoms with Crippen molar-refractivity contribution in [2.24, 2.45) is 0 Å². The van der Waals surface area contributed by atoms with Gasteiger partial charge in [-0.3, -0.25) is 0 Å². The molecule has 0 spiro atoms. The molecule has 0 atom stereocenters. The fourth-order valence-electron chi connectivity index (χ4n) is 1.66. The van der Waals surface area contributed by atoms with E-state index in [1.807, 2.05) is 30.3 Å². The van der Waals surface area contributed by atoms with Gasteiger partial charge in [0.25, 0.3) is 0 Å². The van der Waals surface area contributed by atoms with Gasteiger partial charge in [0.1, 0.15) is 18.1 Å². The summed E-state index contributed by atoms with van der Waals surface area (Å²) in [6.45, 7) is 5.45. The fourth-order valence-corrected chi connectivity index (χ4v) is 2.06. The van der Waals surface area contributed by atoms with Gasteiger partial charge in [-0.25, -0.2) is 0 Å². The Bertz CT molecular complexity index is 522. The number of rotatable bonds is 6. The number of para-hydroxylation sites is 1. The van der Waals surface area contributed by atoms with E-state index < -0.39 is 0 Å². The van der Waals surface area contributed by atoms with Crippen LogP contribution in [0.4, 0.5) is 0 Å². The zero-order valence-corrected chi connectivity index (χ0v) is 12.7. The summed E-state index contributed by atoms with van der Waals surface area (Å²) in [6.07, 6.45) is 1.70. The maximum Gasteiger partial charge on any atom is 0.133 e. The van der Waals surface area contributed by atoms with Gasteiger partial charge in [0.05, 0.1) is 17.3 Å². The van der Waals surface area contributed by atoms with E-state index in [1.54, 1.807) is 6.26 Å². The molecule has 0 fully saturated rings. The second-order valence-corrected chi connectivity index (χ2v) is 5.48. The van der Waals surface area contributed by atoms with Crippen LogP contribution < -0.4 is 10.1 Å². The predicted molar refractivity (Wildman–Crippen MR) is 79.2 cm³/mol. The summed E-state index contributed by atoms with van der Waals surface area (Å²) >= 11 is 3.47. The minimum atomic E-state index is 0.433. The maximum atomic E-state index is 5.79. The summed E-state index contributed by atoms with van der Waals surface area (Å²) in [6, 6.07) is 10.2. The van der Waals surface area contributed by atoms with Crippen LogP contribution in [0.2, 0.25) is 0 Å². The predicted octanol–water partition coefficient (Wildman–Crippen LogP) is 4.12. The van der Waals surface area contributed by atoms with Crippen molar-refractivity contribution in [3.8, 4) is 5.75 Å². The van der Waals surface area contributed by atoms with Crippen molar-refractivity contribution in [1.29, 1.82) is 0 Å². The second kappa shape index (κ2) is 6.78. The molecule has 0 amide bonds. The number of ether oxygens (including phenoxy) is 1. The van der Waals surface area contributed by atoms with Crippen LogP contribution in [0.25, 0.3) is 0 Å². The highest BCUT2D eigenvalue weighted by atomic mass is 79.9. The second-order valence-electron chi connectivity index (χ2n) is 4.62. The molecule has 0 aliphatic carbocycles. The Balaban J connectivity index is 1.96. The smallest absolute Gasteiger partial charge is 0.133 e. The molecular formula is C15H18BrNO2. The quantitative estimate of drug-likeness (QED) is 0.868. The van der Waals surface area contributed by atoms with E-state index in [-0.39, 0.29) is 0 Å². The van der Waals surface area contributed by atoms with Gasteiger partial charge in [-0.2, -0.15) is 0 Å². The van der Waals surface area contributed by atoms with Gasteiger partial charge in [-0.1, -0.05) is 26.0 Å². The number of furan rings is 1. The molecule has 1 aromatic heterocycles. The molecule has 1 heterocycles. The first-order valence-electron chi connectivity index (χ1n) is 6.33. The monoisotopic (exact) mass is 323 g/mol. The zero-order chi connectivity index (χ0) is 13.7. The van der Waals surface area contributed by atoms with Crippen molar-refractivity contribution in [3.05, 3.63) is 52.4 Å². The highest BCUT2D eigenvalue weighted by Crippen LogP contribution is 2.25. The Morgan fingerprint density at radius 3 is 2.79 bits per heavy atom. The van der Waals surface area contributed by atoms with Crippen LogP contribution in [0.3, 0.4) is 0 Å². The highest BCUT2D eigenvalue weighted by Gasteiger charge is 2.08. The van der Waals surface area contributed by atoms with Crippen molar-refractivity contribution < 1.29 is 9.15 Å². The Kier molecular flexibility index (Phi) is 5.05. The molecule has 0 saturated carbocycles. The van der Waals surface area contributed by atoms with Crippen LogP contribution in [0.15, 0.2) is 45.5 Å². The Morgan fingerprint density at radius 2 is 2.05 bits per heavy atom. The topological polar surface area (TPSA) is 34.4 Å². The molecule has 0 saturated heterocycles. The SMILES string of the molecule is CC(C)NCc1occc1COc1ccccc1Br. The lowest BCUT2D eigenvalue weighted by molar-refractivity contribution is 0.299. The lowest BCUT2D eigenvalue weighted by Gasteiger charge is -2.10. The highest BCUT2D eigenvalue weighted by molar-refractivity contribution is 9.10. The average molecular weight is 324 g/mol. The number of benzene rings is 1. The summed E-state index contributed by atoms with van der Waals surface area (Å²) in [5.41, 5.74) is 1.07. The zero-order valence-electron chi connectivity index (χ0n) is 11.2. The van der Waals surface area contributed by atoms with E-state index in [9.17, 15) is 0 Å². The lowest BCUT2D eigenvalue weighted by atomic mass is 10.2. The maximum absolute atomic E-state index is 5.79. The van der Waals surface area contributed by atoms with E-state index in [1.165, 1.54) is 0 Å². The van der Waals surface area contributed by atoms with Gasteiger partial charge in [-0.05, 0) is 34.1 Å². The first-order valence-corrected chi connectivity index (χ1v) is 7.12. The van der Waals surface area contributed by atoms with E-state index in [0.717, 1.165) is 28.1 Å². The van der Waals surface area contributed by atoms with Gasteiger partial charge in [0.2, 0.25) is 0 Å². The van der Waals surface area contributed by atoms with Crippen LogP contribution in [-0.2, 0) is 13.2 Å². The standard InChI is InChI=1S/C15H18BrNO2/c1-11(2)17-9-15-12(7-8-18-15)10-19-14-6-4-3-5-13(14)16/h3-8,11,17H,9-10H2,1-2H3. The Hall–Kier alpha value is -1.26. The van der Waals surface area contributed by atoms with Crippen molar-refractivity contribution >= 4 is 15.9 Å². The summed E-state index contributed by atoms with van der Waals surface area (Å²) < 4.78 is 12.2. The van der Waals surface area contributed by atoms with E-state index >= 15 is 0 Å². The lowest BCUT2D eigenvalue weighted by Crippen LogP contribution is -2.22. The molecule has 0 aliphatic heterocycles. The third kappa shape index (κ3) is 4.11. The van der Waals surface area contributed by atoms with Crippen molar-refractivity contribution in [2.45, 2.75) is 33.0 Å². The molecular weight excluding hydrogens is 306 g/mol. The molecule has 102 valence electrons. The third-order valence-electron chi connectivity index (χ3n) is 2.73. The van der Waals surface area contributed by atoms with E-state index in [0.29, 0.717) is 12.6 Å². The molecule has 0 radical (unpaired) electrons. The fraction of sp³-hybridized carbons (Fsp3) is 0.333. The minimum absolute atomic E-state index is 0.433. The van der Waals surface area contributed by atoms with Crippen LogP contribution >= 0.6 is 15.9 Å². The molecule has 19 heavy (non-hydrogen) atoms. The average Bonchev–Trinajstić information content (AvgIpc) is 2.83. The summed E-state index contributed by atoms with van der Waals surface area (Å²) in [7, 11) is 0. The molecule has 0 unspecified atom stereocenters. The van der Waals surface area contributed by atoms with Crippen LogP contribution in [0.1, 0.15) is 25.2 Å². The van der Waals surface area contributed by atoms with Crippen LogP contribution in [0, 0.1) is 0 Å². The van der Waals surface area contributed by atoms with E-state index in [2.05, 4.69) is 35.1 Å². The number of hydrogen-bond acceptors (Lipinski definition) is 3. The minimum Gasteiger partial charge on any atom is -0.488 e. The molecule has 2 aromatic rings. The van der Waals surface area contributed by atoms with Gasteiger partial charge in [0, 0.05) is 11.6 Å². The largest absolute Gasteiger partial charge is 0.488 e. The first kappa shape index (κ1) is 14.2. The summed E-state index contributed by atoms with van der Waals surface area (Å²) in [4.78, 5) is 0. The number of hydrogen-bond donors (Lipinski definition) is 1. The van der Waals surface area contributed by atoms with Crippen LogP contribution in [-0.4, -0.2) is 6.04 Å². The Labute approximate surface area is 122 Å². The van der Waals surface area contributed by atoms with Gasteiger partial charge < -0.3 is 14.5 Å². The molecule has 3 nitrogen and oxygen atoms in total. The van der Waals surface area contributed by atoms with Crippen LogP contribution in [0.5, 0.6) is 5.75 Å². The molecule has 0 bridgehead atoms. The van der Waals surface area contributed by atoms with Gasteiger partial charge in [0.15, 0.2) is 0 Å². The Morgan fingerprint density at radius 1 is 1.26 bits per heavy atom. The van der Waals surface area contributed by atoms with Crippen molar-refractivity contribution in [2.75, 3.05) is 0 Å². The number of halogens is 1. The number of nitrogens with one attached hydrogen (secondary N) is 1. The molecule has 1 N–H and O–H groups in total. The molecule has 0 aliphatic rings. The first-order chi connectivity index (χ1) is 9.16. The van der Waals surface area contributed by atoms with Gasteiger partial charge >= 0.3 is 0 Å². The normalized spacial score (nSPS) is 10.9.